The fourth-order valence-corrected chi connectivity index (χ4v) is 7.21. The first-order valence-corrected chi connectivity index (χ1v) is 14.1. The van der Waals surface area contributed by atoms with E-state index in [-0.39, 0.29) is 22.9 Å². The number of piperazine rings is 1. The topological polar surface area (TPSA) is 90.0 Å². The number of carbonyl (C=O) groups excluding carboxylic acids is 2. The highest BCUT2D eigenvalue weighted by Crippen LogP contribution is 2.27. The number of sulfonamides is 1. The first-order chi connectivity index (χ1) is 16.2. The molecule has 34 heavy (non-hydrogen) atoms. The van der Waals surface area contributed by atoms with Crippen LogP contribution in [-0.2, 0) is 10.0 Å². The van der Waals surface area contributed by atoms with Crippen molar-refractivity contribution in [3.05, 3.63) is 29.8 Å². The van der Waals surface area contributed by atoms with E-state index in [1.54, 1.807) is 38.4 Å². The van der Waals surface area contributed by atoms with Crippen molar-refractivity contribution in [1.29, 1.82) is 0 Å². The Balaban J connectivity index is 1.32. The van der Waals surface area contributed by atoms with Crippen LogP contribution in [-0.4, -0.2) is 79.8 Å². The molecule has 1 aromatic carbocycles. The van der Waals surface area contributed by atoms with Crippen LogP contribution in [0.2, 0.25) is 0 Å². The third-order valence-corrected chi connectivity index (χ3v) is 9.21. The van der Waals surface area contributed by atoms with Gasteiger partial charge in [-0.1, -0.05) is 33.1 Å². The molecule has 4 rings (SSSR count). The number of urea groups is 1. The number of benzene rings is 1. The summed E-state index contributed by atoms with van der Waals surface area (Å²) >= 11 is 0. The van der Waals surface area contributed by atoms with Crippen LogP contribution in [0, 0.1) is 11.8 Å². The van der Waals surface area contributed by atoms with Crippen LogP contribution in [0.25, 0.3) is 0 Å². The summed E-state index contributed by atoms with van der Waals surface area (Å²) in [6.07, 6.45) is 6.72. The van der Waals surface area contributed by atoms with E-state index in [0.29, 0.717) is 56.7 Å². The van der Waals surface area contributed by atoms with Gasteiger partial charge >= 0.3 is 6.03 Å². The molecule has 2 saturated heterocycles. The number of nitrogens with one attached hydrogen (secondary N) is 1. The van der Waals surface area contributed by atoms with Crippen molar-refractivity contribution in [2.24, 2.45) is 11.8 Å². The van der Waals surface area contributed by atoms with E-state index >= 15 is 0 Å². The van der Waals surface area contributed by atoms with Gasteiger partial charge in [0.15, 0.2) is 0 Å². The predicted molar refractivity (Wildman–Crippen MR) is 131 cm³/mol. The average Bonchev–Trinajstić information content (AvgIpc) is 2.84. The Morgan fingerprint density at radius 1 is 0.853 bits per heavy atom. The Hall–Kier alpha value is -2.13. The van der Waals surface area contributed by atoms with Crippen LogP contribution in [0.1, 0.15) is 62.7 Å². The number of carbonyl (C=O) groups is 2. The molecule has 0 spiro atoms. The van der Waals surface area contributed by atoms with Crippen molar-refractivity contribution in [1.82, 2.24) is 19.4 Å². The lowest BCUT2D eigenvalue weighted by Gasteiger charge is -2.36. The smallest absolute Gasteiger partial charge is 0.317 e. The Kier molecular flexibility index (Phi) is 7.82. The molecular weight excluding hydrogens is 452 g/mol. The van der Waals surface area contributed by atoms with E-state index in [1.807, 2.05) is 0 Å². The Bertz CT molecular complexity index is 957. The lowest BCUT2D eigenvalue weighted by molar-refractivity contribution is 0.0662. The quantitative estimate of drug-likeness (QED) is 0.702. The van der Waals surface area contributed by atoms with Crippen LogP contribution in [0.5, 0.6) is 0 Å². The Morgan fingerprint density at radius 2 is 1.41 bits per heavy atom. The summed E-state index contributed by atoms with van der Waals surface area (Å²) in [5.74, 6) is 0.544. The first kappa shape index (κ1) is 25.0. The molecule has 1 saturated carbocycles. The van der Waals surface area contributed by atoms with E-state index in [0.717, 1.165) is 19.3 Å². The van der Waals surface area contributed by atoms with E-state index in [9.17, 15) is 18.0 Å². The summed E-state index contributed by atoms with van der Waals surface area (Å²) in [5.41, 5.74) is 0.472. The average molecular weight is 491 g/mol. The molecule has 0 radical (unpaired) electrons. The highest BCUT2D eigenvalue weighted by atomic mass is 32.2. The monoisotopic (exact) mass is 490 g/mol. The van der Waals surface area contributed by atoms with Crippen LogP contribution >= 0.6 is 0 Å². The molecule has 1 aromatic rings. The second kappa shape index (κ2) is 10.6. The lowest BCUT2D eigenvalue weighted by atomic mass is 9.94. The van der Waals surface area contributed by atoms with Crippen molar-refractivity contribution in [3.8, 4) is 0 Å². The summed E-state index contributed by atoms with van der Waals surface area (Å²) in [6.45, 7) is 7.18. The van der Waals surface area contributed by atoms with Gasteiger partial charge in [-0.25, -0.2) is 13.2 Å². The van der Waals surface area contributed by atoms with Crippen molar-refractivity contribution in [2.45, 2.75) is 63.3 Å². The van der Waals surface area contributed by atoms with Crippen molar-refractivity contribution >= 4 is 22.0 Å². The molecule has 2 unspecified atom stereocenters. The van der Waals surface area contributed by atoms with Gasteiger partial charge in [-0.3, -0.25) is 4.79 Å². The van der Waals surface area contributed by atoms with E-state index in [4.69, 9.17) is 0 Å². The third kappa shape index (κ3) is 5.74. The van der Waals surface area contributed by atoms with Gasteiger partial charge in [0.25, 0.3) is 5.91 Å². The van der Waals surface area contributed by atoms with Gasteiger partial charge in [0.05, 0.1) is 4.90 Å². The van der Waals surface area contributed by atoms with Crippen LogP contribution < -0.4 is 5.32 Å². The molecule has 8 nitrogen and oxygen atoms in total. The largest absolute Gasteiger partial charge is 0.335 e. The number of nitrogens with zero attached hydrogens (tertiary/aromatic N) is 3. The molecule has 3 amide bonds. The molecule has 9 heteroatoms. The van der Waals surface area contributed by atoms with Gasteiger partial charge in [0.2, 0.25) is 10.0 Å². The first-order valence-electron chi connectivity index (χ1n) is 12.7. The zero-order valence-corrected chi connectivity index (χ0v) is 21.2. The minimum Gasteiger partial charge on any atom is -0.335 e. The van der Waals surface area contributed by atoms with E-state index in [2.05, 4.69) is 19.2 Å². The van der Waals surface area contributed by atoms with Crippen LogP contribution in [0.4, 0.5) is 4.79 Å². The van der Waals surface area contributed by atoms with Crippen molar-refractivity contribution in [2.75, 3.05) is 39.3 Å². The number of hydrogen-bond acceptors (Lipinski definition) is 4. The van der Waals surface area contributed by atoms with Crippen molar-refractivity contribution < 1.29 is 18.0 Å². The summed E-state index contributed by atoms with van der Waals surface area (Å²) in [7, 11) is -3.57. The summed E-state index contributed by atoms with van der Waals surface area (Å²) < 4.78 is 27.8. The number of amides is 3. The lowest BCUT2D eigenvalue weighted by Crippen LogP contribution is -2.54. The van der Waals surface area contributed by atoms with Gasteiger partial charge in [0.1, 0.15) is 0 Å². The normalized spacial score (nSPS) is 25.2. The molecule has 0 bridgehead atoms. The molecule has 2 aliphatic heterocycles. The minimum atomic E-state index is -3.57. The van der Waals surface area contributed by atoms with Crippen LogP contribution in [0.3, 0.4) is 0 Å². The molecule has 0 aromatic heterocycles. The van der Waals surface area contributed by atoms with Gasteiger partial charge in [-0.2, -0.15) is 4.31 Å². The SMILES string of the molecule is CC1CC(C)CN(S(=O)(=O)c2ccc(C(=O)N3CCN(C(=O)NC4CCCCC4)CC3)cc2)C1. The number of piperidine rings is 1. The standard InChI is InChI=1S/C25H38N4O4S/c1-19-16-20(2)18-29(17-19)34(32,33)23-10-8-21(9-11-23)24(30)27-12-14-28(15-13-27)25(31)26-22-6-4-3-5-7-22/h8-11,19-20,22H,3-7,12-18H2,1-2H3,(H,26,31). The highest BCUT2D eigenvalue weighted by Gasteiger charge is 2.32. The molecular formula is C25H38N4O4S. The molecule has 2 heterocycles. The predicted octanol–water partition coefficient (Wildman–Crippen LogP) is 3.15. The van der Waals surface area contributed by atoms with E-state index < -0.39 is 10.0 Å². The molecule has 3 fully saturated rings. The fraction of sp³-hybridized carbons (Fsp3) is 0.680. The fourth-order valence-electron chi connectivity index (χ4n) is 5.53. The minimum absolute atomic E-state index is 0.0325. The number of rotatable bonds is 4. The van der Waals surface area contributed by atoms with Gasteiger partial charge in [-0.15, -0.1) is 0 Å². The second-order valence-corrected chi connectivity index (χ2v) is 12.3. The summed E-state index contributed by atoms with van der Waals surface area (Å²) in [6, 6.07) is 6.53. The zero-order chi connectivity index (χ0) is 24.3. The summed E-state index contributed by atoms with van der Waals surface area (Å²) in [4.78, 5) is 29.3. The maximum atomic E-state index is 13.1. The second-order valence-electron chi connectivity index (χ2n) is 10.4. The molecule has 1 aliphatic carbocycles. The zero-order valence-electron chi connectivity index (χ0n) is 20.4. The van der Waals surface area contributed by atoms with Crippen molar-refractivity contribution in [3.63, 3.8) is 0 Å². The maximum Gasteiger partial charge on any atom is 0.317 e. The van der Waals surface area contributed by atoms with Gasteiger partial charge < -0.3 is 15.1 Å². The molecule has 188 valence electrons. The molecule has 1 N–H and O–H groups in total. The van der Waals surface area contributed by atoms with Crippen LogP contribution in [0.15, 0.2) is 29.2 Å². The van der Waals surface area contributed by atoms with Gasteiger partial charge in [0, 0.05) is 50.9 Å². The van der Waals surface area contributed by atoms with Gasteiger partial charge in [-0.05, 0) is 55.4 Å². The van der Waals surface area contributed by atoms with E-state index in [1.165, 1.54) is 19.3 Å². The Labute approximate surface area is 203 Å². The molecule has 3 aliphatic rings. The number of hydrogen-bond donors (Lipinski definition) is 1. The Morgan fingerprint density at radius 3 is 2.00 bits per heavy atom. The highest BCUT2D eigenvalue weighted by molar-refractivity contribution is 7.89. The maximum absolute atomic E-state index is 13.1. The summed E-state index contributed by atoms with van der Waals surface area (Å²) in [5, 5.41) is 3.14. The third-order valence-electron chi connectivity index (χ3n) is 7.36. The molecule has 2 atom stereocenters.